The second kappa shape index (κ2) is 6.10. The number of nitrogens with two attached hydrogens (primary N) is 1. The Morgan fingerprint density at radius 1 is 1.07 bits per heavy atom. The number of amides is 1. The summed E-state index contributed by atoms with van der Waals surface area (Å²) in [6, 6.07) is 13.5. The molecular weight excluding hydrogens is 364 g/mol. The lowest BCUT2D eigenvalue weighted by Gasteiger charge is -2.08. The molecule has 4 rings (SSSR count). The number of benzene rings is 2. The van der Waals surface area contributed by atoms with E-state index in [4.69, 9.17) is 5.73 Å². The van der Waals surface area contributed by atoms with Crippen LogP contribution in [0.15, 0.2) is 59.6 Å². The molecule has 8 heteroatoms. The van der Waals surface area contributed by atoms with Crippen molar-refractivity contribution in [1.29, 1.82) is 0 Å². The number of hydrogen-bond donors (Lipinski definition) is 3. The number of H-pyrrole nitrogens is 1. The lowest BCUT2D eigenvalue weighted by Crippen LogP contribution is -2.13. The molecule has 0 saturated carbocycles. The smallest absolute Gasteiger partial charge is 0.269 e. The number of aryl methyl sites for hydroxylation is 1. The molecule has 2 aromatic carbocycles. The Bertz CT molecular complexity index is 1290. The number of pyridine rings is 1. The molecule has 0 atom stereocenters. The highest BCUT2D eigenvalue weighted by Crippen LogP contribution is 2.29. The number of nitrogens with zero attached hydrogens (tertiary/aromatic N) is 1. The van der Waals surface area contributed by atoms with Gasteiger partial charge in [0.1, 0.15) is 0 Å². The van der Waals surface area contributed by atoms with Gasteiger partial charge in [0.05, 0.1) is 10.4 Å². The number of aromatic nitrogens is 2. The third-order valence-electron chi connectivity index (χ3n) is 4.34. The molecule has 0 aliphatic heterocycles. The Balaban J connectivity index is 1.83. The molecule has 4 aromatic rings. The van der Waals surface area contributed by atoms with E-state index in [-0.39, 0.29) is 10.6 Å². The van der Waals surface area contributed by atoms with E-state index in [0.717, 1.165) is 5.56 Å². The predicted molar refractivity (Wildman–Crippen MR) is 104 cm³/mol. The van der Waals surface area contributed by atoms with E-state index >= 15 is 0 Å². The minimum absolute atomic E-state index is 0.117. The Morgan fingerprint density at radius 2 is 1.81 bits per heavy atom. The van der Waals surface area contributed by atoms with Gasteiger partial charge in [-0.1, -0.05) is 17.7 Å². The molecular formula is C19H16N4O3S. The standard InChI is InChI=1S/C19H16N4O3S/c1-11-2-4-12(5-3-11)23-27(25,26)13-6-7-16-15(10-13)14-8-9-21-18(19(20)24)17(14)22-16/h2-10,22-23H,1H3,(H2,20,24). The molecule has 27 heavy (non-hydrogen) atoms. The summed E-state index contributed by atoms with van der Waals surface area (Å²) in [7, 11) is -3.76. The largest absolute Gasteiger partial charge is 0.364 e. The monoisotopic (exact) mass is 380 g/mol. The number of primary amides is 1. The number of hydrogen-bond acceptors (Lipinski definition) is 4. The van der Waals surface area contributed by atoms with Crippen LogP contribution in [-0.4, -0.2) is 24.3 Å². The molecule has 2 heterocycles. The molecule has 0 fully saturated rings. The molecule has 7 nitrogen and oxygen atoms in total. The highest BCUT2D eigenvalue weighted by molar-refractivity contribution is 7.92. The summed E-state index contributed by atoms with van der Waals surface area (Å²) in [5, 5.41) is 1.35. The Labute approximate surface area is 155 Å². The highest BCUT2D eigenvalue weighted by Gasteiger charge is 2.18. The molecule has 0 unspecified atom stereocenters. The van der Waals surface area contributed by atoms with E-state index in [9.17, 15) is 13.2 Å². The van der Waals surface area contributed by atoms with Crippen LogP contribution in [0.4, 0.5) is 5.69 Å². The molecule has 4 N–H and O–H groups in total. The number of anilines is 1. The van der Waals surface area contributed by atoms with Crippen molar-refractivity contribution in [3.63, 3.8) is 0 Å². The van der Waals surface area contributed by atoms with Crippen molar-refractivity contribution in [2.75, 3.05) is 4.72 Å². The molecule has 2 aromatic heterocycles. The van der Waals surface area contributed by atoms with Gasteiger partial charge in [0, 0.05) is 28.2 Å². The van der Waals surface area contributed by atoms with Crippen LogP contribution in [0.3, 0.4) is 0 Å². The van der Waals surface area contributed by atoms with Crippen molar-refractivity contribution in [2.24, 2.45) is 5.73 Å². The second-order valence-corrected chi connectivity index (χ2v) is 7.93. The van der Waals surface area contributed by atoms with Crippen molar-refractivity contribution in [1.82, 2.24) is 9.97 Å². The lowest BCUT2D eigenvalue weighted by molar-refractivity contribution is 0.0997. The molecule has 0 saturated heterocycles. The van der Waals surface area contributed by atoms with Crippen LogP contribution < -0.4 is 10.5 Å². The molecule has 1 amide bonds. The van der Waals surface area contributed by atoms with E-state index in [1.165, 1.54) is 12.3 Å². The van der Waals surface area contributed by atoms with Gasteiger partial charge in [-0.25, -0.2) is 13.4 Å². The Kier molecular flexibility index (Phi) is 3.85. The van der Waals surface area contributed by atoms with Crippen LogP contribution in [0.2, 0.25) is 0 Å². The van der Waals surface area contributed by atoms with E-state index in [1.807, 2.05) is 19.1 Å². The number of carbonyl (C=O) groups excluding carboxylic acids is 1. The minimum Gasteiger partial charge on any atom is -0.364 e. The van der Waals surface area contributed by atoms with Gasteiger partial charge in [-0.05, 0) is 43.3 Å². The third kappa shape index (κ3) is 3.00. The van der Waals surface area contributed by atoms with E-state index < -0.39 is 15.9 Å². The summed E-state index contributed by atoms with van der Waals surface area (Å²) in [5.74, 6) is -0.652. The molecule has 0 bridgehead atoms. The Morgan fingerprint density at radius 3 is 2.52 bits per heavy atom. The topological polar surface area (TPSA) is 118 Å². The maximum atomic E-state index is 12.8. The van der Waals surface area contributed by atoms with Crippen molar-refractivity contribution in [3.05, 3.63) is 66.0 Å². The quantitative estimate of drug-likeness (QED) is 0.504. The molecule has 0 aliphatic rings. The Hall–Kier alpha value is -3.39. The minimum atomic E-state index is -3.76. The van der Waals surface area contributed by atoms with Crippen LogP contribution in [-0.2, 0) is 10.0 Å². The first-order valence-corrected chi connectivity index (χ1v) is 9.63. The number of carbonyl (C=O) groups is 1. The first kappa shape index (κ1) is 17.0. The van der Waals surface area contributed by atoms with Crippen molar-refractivity contribution < 1.29 is 13.2 Å². The van der Waals surface area contributed by atoms with Crippen molar-refractivity contribution in [3.8, 4) is 0 Å². The first-order valence-electron chi connectivity index (χ1n) is 8.15. The zero-order valence-electron chi connectivity index (χ0n) is 14.4. The zero-order valence-corrected chi connectivity index (χ0v) is 15.2. The molecule has 0 aliphatic carbocycles. The summed E-state index contributed by atoms with van der Waals surface area (Å²) < 4.78 is 28.1. The normalized spacial score (nSPS) is 11.7. The number of fused-ring (bicyclic) bond motifs is 3. The van der Waals surface area contributed by atoms with Gasteiger partial charge in [0.25, 0.3) is 15.9 Å². The zero-order chi connectivity index (χ0) is 19.2. The molecule has 0 radical (unpaired) electrons. The number of aromatic amines is 1. The third-order valence-corrected chi connectivity index (χ3v) is 5.72. The van der Waals surface area contributed by atoms with Crippen LogP contribution in [0.1, 0.15) is 16.1 Å². The van der Waals surface area contributed by atoms with Gasteiger partial charge in [-0.3, -0.25) is 9.52 Å². The fourth-order valence-corrected chi connectivity index (χ4v) is 4.08. The van der Waals surface area contributed by atoms with Crippen LogP contribution in [0.25, 0.3) is 21.8 Å². The van der Waals surface area contributed by atoms with Gasteiger partial charge >= 0.3 is 0 Å². The SMILES string of the molecule is Cc1ccc(NS(=O)(=O)c2ccc3[nH]c4c(C(N)=O)nccc4c3c2)cc1. The van der Waals surface area contributed by atoms with Crippen LogP contribution in [0, 0.1) is 6.92 Å². The average Bonchev–Trinajstić information content (AvgIpc) is 3.01. The summed E-state index contributed by atoms with van der Waals surface area (Å²) in [6.07, 6.45) is 1.47. The number of rotatable bonds is 4. The first-order chi connectivity index (χ1) is 12.8. The average molecular weight is 380 g/mol. The fourth-order valence-electron chi connectivity index (χ4n) is 2.99. The van der Waals surface area contributed by atoms with Gasteiger partial charge in [0.15, 0.2) is 5.69 Å². The van der Waals surface area contributed by atoms with Gasteiger partial charge < -0.3 is 10.7 Å². The van der Waals surface area contributed by atoms with E-state index in [1.54, 1.807) is 30.3 Å². The van der Waals surface area contributed by atoms with Crippen LogP contribution >= 0.6 is 0 Å². The van der Waals surface area contributed by atoms with E-state index in [2.05, 4.69) is 14.7 Å². The predicted octanol–water partition coefficient (Wildman–Crippen LogP) is 2.92. The number of sulfonamides is 1. The number of nitrogens with one attached hydrogen (secondary N) is 2. The van der Waals surface area contributed by atoms with E-state index in [0.29, 0.717) is 27.5 Å². The van der Waals surface area contributed by atoms with Gasteiger partial charge in [-0.2, -0.15) is 0 Å². The van der Waals surface area contributed by atoms with Crippen molar-refractivity contribution in [2.45, 2.75) is 11.8 Å². The second-order valence-electron chi connectivity index (χ2n) is 6.25. The summed E-state index contributed by atoms with van der Waals surface area (Å²) in [6.45, 7) is 1.93. The highest BCUT2D eigenvalue weighted by atomic mass is 32.2. The summed E-state index contributed by atoms with van der Waals surface area (Å²) >= 11 is 0. The maximum absolute atomic E-state index is 12.8. The summed E-state index contributed by atoms with van der Waals surface area (Å²) in [4.78, 5) is 18.8. The molecule has 0 spiro atoms. The lowest BCUT2D eigenvalue weighted by atomic mass is 10.1. The van der Waals surface area contributed by atoms with Crippen LogP contribution in [0.5, 0.6) is 0 Å². The summed E-state index contributed by atoms with van der Waals surface area (Å²) in [5.41, 5.74) is 8.19. The maximum Gasteiger partial charge on any atom is 0.269 e. The van der Waals surface area contributed by atoms with Gasteiger partial charge in [0.2, 0.25) is 0 Å². The fraction of sp³-hybridized carbons (Fsp3) is 0.0526. The van der Waals surface area contributed by atoms with Crippen molar-refractivity contribution >= 4 is 43.4 Å². The molecule has 136 valence electrons. The van der Waals surface area contributed by atoms with Gasteiger partial charge in [-0.15, -0.1) is 0 Å².